The van der Waals surface area contributed by atoms with Gasteiger partial charge in [0.05, 0.1) is 36.5 Å². The Labute approximate surface area is 912 Å². The van der Waals surface area contributed by atoms with Gasteiger partial charge in [-0.05, 0) is 223 Å². The summed E-state index contributed by atoms with van der Waals surface area (Å²) in [5, 5.41) is 89.3. The smallest absolute Gasteiger partial charge is 0.180 e. The van der Waals surface area contributed by atoms with Crippen molar-refractivity contribution in [1.29, 1.82) is 5.26 Å². The van der Waals surface area contributed by atoms with Gasteiger partial charge < -0.3 is 65.2 Å². The van der Waals surface area contributed by atoms with Gasteiger partial charge in [0.2, 0.25) is 0 Å². The van der Waals surface area contributed by atoms with Gasteiger partial charge in [0, 0.05) is 163 Å². The molecule has 10 N–H and O–H groups in total. The molecule has 16 nitrogen and oxygen atoms in total. The van der Waals surface area contributed by atoms with Gasteiger partial charge in [0.15, 0.2) is 11.2 Å². The van der Waals surface area contributed by atoms with Crippen molar-refractivity contribution in [2.24, 2.45) is 94.2 Å². The molecule has 3 saturated heterocycles. The molecule has 3 aromatic carbocycles. The van der Waals surface area contributed by atoms with Crippen LogP contribution in [0.1, 0.15) is 357 Å². The van der Waals surface area contributed by atoms with Crippen LogP contribution in [0.3, 0.4) is 0 Å². The first-order valence-corrected chi connectivity index (χ1v) is 54.9. The number of nitriles is 1. The molecular weight excluding hydrogens is 1850 g/mol. The molecule has 2 aromatic heterocycles. The van der Waals surface area contributed by atoms with Gasteiger partial charge in [-0.2, -0.15) is 5.26 Å². The van der Waals surface area contributed by atoms with E-state index in [0.717, 1.165) is 138 Å². The maximum atomic E-state index is 9.95. The zero-order chi connectivity index (χ0) is 113. The summed E-state index contributed by atoms with van der Waals surface area (Å²) in [7, 11) is 6.05. The van der Waals surface area contributed by atoms with Crippen molar-refractivity contribution in [3.05, 3.63) is 143 Å². The van der Waals surface area contributed by atoms with Gasteiger partial charge in [-0.25, -0.2) is 4.98 Å². The van der Waals surface area contributed by atoms with Crippen molar-refractivity contribution >= 4 is 5.69 Å². The first-order valence-electron chi connectivity index (χ1n) is 54.9. The number of aliphatic hydroxyl groups is 8. The number of likely N-dealkylation sites (tertiary alicyclic amines) is 1. The normalized spacial score (nSPS) is 17.3. The summed E-state index contributed by atoms with van der Waals surface area (Å²) in [6, 6.07) is 31.2. The molecule has 16 heteroatoms. The number of anilines is 1. The zero-order valence-corrected chi connectivity index (χ0v) is 98.2. The number of β-amino-alcohol motifs (C(OH)–C–C–N with tert-alkyl or cyclic N) is 2. The predicted octanol–water partition coefficient (Wildman–Crippen LogP) is 23.7. The van der Waals surface area contributed by atoms with Gasteiger partial charge in [-0.1, -0.05) is 353 Å². The van der Waals surface area contributed by atoms with Crippen molar-refractivity contribution in [2.75, 3.05) is 65.4 Å². The summed E-state index contributed by atoms with van der Waals surface area (Å²) >= 11 is 0. The lowest BCUT2D eigenvalue weighted by atomic mass is 9.58. The average molecular weight is 2050 g/mol. The molecule has 1 spiro atoms. The standard InChI is InChI=1S/C13H17N.C12H11N.C11H16N2.C11H16O2.C11H14O2.C11H18O.C11H12.2C10H16O.C9H15NO.C9H14O.C8H13NO.C8H12/c1-11(2)5-6-12-7-9-13(10-8-12)14(3)4;1-10(2)3-4-11-5-7-12(9-13)8-6-11;1-9(2)5-6-11(3,4)10-12-7-8-13-10;1-9(2)3-4-11(12)5-10(6-11)7-13-8-10;1-9(2)6-7-11(3,12)10-5-4-8-13-10;1-10(2)6-9-11(12)7-4-3-5-8-11;1-10(2)8-9-11-6-4-3-5-7-11;1-8(2)6-7-10(3,11)9-4-5-9;1-9(2)5-8-10(11)6-3-4-7-10;1-8(2)4-5-9(11)6-10(3)7-9;1-8(2)4-7-9(10)5-3-6-9;1-7(2)3-4-8(10)5-9-6-8;1-7(2)3-4-8-5-6-8/h7-11H,1-4H3;5-8,10H,1-2H3;7-9H,1-4H3,(H,12,13);9,12H,5-8H2,1-2H3;4-5,8-9,12H,1-3H3;10,12H,3-5,7-8H2,1-2H3;3-7,10H,1-2H3;8-9,11H,4-5H2,1-3H3;9,11H,3-4,6-7H2,1-2H3;8,11H,6-7H2,1-3H3;8,10H,3,5-6H2,1-2H3;7,9-10H,5-6H2,1-2H3;7-8H,5-6H2,1-2H3. The van der Waals surface area contributed by atoms with Crippen LogP contribution in [0.4, 0.5) is 5.69 Å². The number of aromatic nitrogens is 2. The molecule has 9 fully saturated rings. The van der Waals surface area contributed by atoms with Gasteiger partial charge in [0.1, 0.15) is 45.2 Å². The Balaban J connectivity index is 0.000000550. The Hall–Kier alpha value is -10.7. The third-order valence-electron chi connectivity index (χ3n) is 23.1. The minimum Gasteiger partial charge on any atom is -0.465 e. The topological polar surface area (TPSA) is 255 Å². The highest BCUT2D eigenvalue weighted by atomic mass is 16.5. The third kappa shape index (κ3) is 63.6. The summed E-state index contributed by atoms with van der Waals surface area (Å²) in [4.78, 5) is 11.4. The van der Waals surface area contributed by atoms with Crippen molar-refractivity contribution in [3.63, 3.8) is 0 Å². The molecule has 6 aliphatic carbocycles. The number of benzene rings is 3. The van der Waals surface area contributed by atoms with Crippen molar-refractivity contribution in [3.8, 4) is 160 Å². The fraction of sp³-hybridized carbons (Fsp3) is 0.612. The van der Waals surface area contributed by atoms with Crippen molar-refractivity contribution in [2.45, 2.75) is 374 Å². The molecule has 6 saturated carbocycles. The lowest BCUT2D eigenvalue weighted by molar-refractivity contribution is -0.219. The van der Waals surface area contributed by atoms with Crippen LogP contribution in [-0.4, -0.2) is 155 Å². The van der Waals surface area contributed by atoms with Crippen LogP contribution in [0.5, 0.6) is 0 Å². The number of H-pyrrole nitrogens is 1. The van der Waals surface area contributed by atoms with Gasteiger partial charge in [0.25, 0.3) is 0 Å². The van der Waals surface area contributed by atoms with Gasteiger partial charge in [-0.3, -0.25) is 4.90 Å². The van der Waals surface area contributed by atoms with E-state index >= 15 is 0 Å². The maximum Gasteiger partial charge on any atom is 0.180 e. The molecule has 9 aliphatic rings. The lowest BCUT2D eigenvalue weighted by Gasteiger charge is -2.55. The Morgan fingerprint density at radius 2 is 0.760 bits per heavy atom. The molecule has 816 valence electrons. The maximum absolute atomic E-state index is 9.95. The first-order chi connectivity index (χ1) is 70.0. The summed E-state index contributed by atoms with van der Waals surface area (Å²) in [5.74, 6) is 86.2. The van der Waals surface area contributed by atoms with E-state index in [2.05, 4.69) is 306 Å². The Kier molecular flexibility index (Phi) is 61.7. The summed E-state index contributed by atoms with van der Waals surface area (Å²) < 4.78 is 10.2. The van der Waals surface area contributed by atoms with E-state index in [4.69, 9.17) is 14.4 Å². The molecule has 5 aromatic rings. The predicted molar refractivity (Wildman–Crippen MR) is 624 cm³/mol. The molecule has 3 aliphatic heterocycles. The van der Waals surface area contributed by atoms with Crippen LogP contribution < -0.4 is 10.2 Å². The molecule has 0 radical (unpaired) electrons. The number of imidazole rings is 1. The van der Waals surface area contributed by atoms with E-state index in [1.807, 2.05) is 174 Å². The number of nitrogens with one attached hydrogen (secondary N) is 2. The first kappa shape index (κ1) is 135. The van der Waals surface area contributed by atoms with E-state index < -0.39 is 44.8 Å². The van der Waals surface area contributed by atoms with Crippen LogP contribution in [0, 0.1) is 259 Å². The van der Waals surface area contributed by atoms with E-state index in [9.17, 15) is 40.9 Å². The molecule has 14 rings (SSSR count). The molecule has 0 amide bonds. The number of furan rings is 1. The molecule has 5 heterocycles. The van der Waals surface area contributed by atoms with Crippen LogP contribution in [0.15, 0.2) is 114 Å². The quantitative estimate of drug-likeness (QED) is 0.0751. The number of hydrogen-bond donors (Lipinski definition) is 10. The van der Waals surface area contributed by atoms with Crippen LogP contribution in [-0.2, 0) is 15.8 Å². The zero-order valence-electron chi connectivity index (χ0n) is 98.2. The Morgan fingerprint density at radius 3 is 1.08 bits per heavy atom. The monoisotopic (exact) mass is 2040 g/mol. The van der Waals surface area contributed by atoms with Crippen molar-refractivity contribution in [1.82, 2.24) is 20.2 Å². The number of likely N-dealkylation sites (N-methyl/N-ethyl adjacent to an activating group) is 1. The summed E-state index contributed by atoms with van der Waals surface area (Å²) in [5.41, 5.74) is -0.756. The highest BCUT2D eigenvalue weighted by molar-refractivity contribution is 5.50. The number of hydrogen-bond acceptors (Lipinski definition) is 15. The van der Waals surface area contributed by atoms with Crippen LogP contribution >= 0.6 is 0 Å². The highest BCUT2D eigenvalue weighted by Crippen LogP contribution is 2.53. The average Bonchev–Trinajstić information content (AvgIpc) is 0.908. The number of rotatable bonds is 4. The van der Waals surface area contributed by atoms with Crippen LogP contribution in [0.25, 0.3) is 0 Å². The Morgan fingerprint density at radius 1 is 0.400 bits per heavy atom. The molecule has 0 bridgehead atoms. The molecule has 2 unspecified atom stereocenters. The number of ether oxygens (including phenoxy) is 1. The molecule has 2 atom stereocenters. The van der Waals surface area contributed by atoms with E-state index in [0.29, 0.717) is 120 Å². The second-order valence-electron chi connectivity index (χ2n) is 46.3. The minimum atomic E-state index is -1.17. The Bertz CT molecular complexity index is 5510. The van der Waals surface area contributed by atoms with E-state index in [1.54, 1.807) is 37.4 Å². The molecular formula is C134H190N6O10. The fourth-order valence-electron chi connectivity index (χ4n) is 14.0. The third-order valence-corrected chi connectivity index (χ3v) is 23.1. The van der Waals surface area contributed by atoms with E-state index in [1.165, 1.54) is 31.2 Å². The number of nitrogens with zero attached hydrogens (tertiary/aromatic N) is 4. The van der Waals surface area contributed by atoms with Crippen molar-refractivity contribution < 1.29 is 50.0 Å². The second-order valence-corrected chi connectivity index (χ2v) is 46.3. The largest absolute Gasteiger partial charge is 0.465 e. The number of aromatic amines is 1. The SMILES string of the molecule is CC(C)C#CC(C)(C)c1ncc[nH]1.CC(C)C#CC(C)(O)C1CC1.CC(C)C#CC(C)(O)c1ccco1.CC(C)C#CC1(O)CC2(COC2)C1.CC(C)C#CC1(O)CCC1.CC(C)C#CC1(O)CCCC1.CC(C)C#CC1(O)CCCCC1.CC(C)C#CC1(O)CN(C)C1.CC(C)C#CC1(O)CNC1.CC(C)C#CC1CC1.CC(C)C#Cc1ccc(C#N)cc1.CC(C)C#Cc1ccc(N(C)C)cc1.CC(C)C#Cc1ccccc1. The second kappa shape index (κ2) is 68.3. The fourth-order valence-corrected chi connectivity index (χ4v) is 14.0. The van der Waals surface area contributed by atoms with Gasteiger partial charge >= 0.3 is 0 Å². The summed E-state index contributed by atoms with van der Waals surface area (Å²) in [6.45, 7) is 65.2. The highest BCUT2D eigenvalue weighted by Gasteiger charge is 2.57. The summed E-state index contributed by atoms with van der Waals surface area (Å²) in [6.07, 6.45) is 23.8. The van der Waals surface area contributed by atoms with E-state index in [-0.39, 0.29) is 11.3 Å². The minimum absolute atomic E-state index is 0.173. The lowest BCUT2D eigenvalue weighted by Crippen LogP contribution is -2.60. The van der Waals surface area contributed by atoms with Crippen LogP contribution in [0.2, 0.25) is 0 Å². The molecule has 150 heavy (non-hydrogen) atoms. The van der Waals surface area contributed by atoms with Gasteiger partial charge in [-0.15, -0.1) is 5.92 Å².